The predicted molar refractivity (Wildman–Crippen MR) is 101 cm³/mol. The lowest BCUT2D eigenvalue weighted by molar-refractivity contribution is -0.147. The van der Waals surface area contributed by atoms with E-state index in [4.69, 9.17) is 0 Å². The normalized spacial score (nSPS) is 58.3. The Balaban J connectivity index is 1.31. The zero-order valence-electron chi connectivity index (χ0n) is 16.2. The third-order valence-corrected chi connectivity index (χ3v) is 9.96. The molecular weight excluding hydrogens is 320 g/mol. The molecule has 0 spiro atoms. The van der Waals surface area contributed by atoms with Gasteiger partial charge in [0, 0.05) is 5.41 Å². The second-order valence-corrected chi connectivity index (χ2v) is 11.6. The third-order valence-electron chi connectivity index (χ3n) is 9.96. The van der Waals surface area contributed by atoms with Gasteiger partial charge >= 0.3 is 0 Å². The Hall–Kier alpha value is -0.520. The van der Waals surface area contributed by atoms with Crippen LogP contribution in [0.4, 0.5) is 0 Å². The van der Waals surface area contributed by atoms with E-state index in [0.29, 0.717) is 11.8 Å². The van der Waals surface area contributed by atoms with Crippen LogP contribution >= 0.6 is 0 Å². The van der Waals surface area contributed by atoms with Gasteiger partial charge in [0.05, 0.1) is 0 Å². The first-order valence-electron chi connectivity index (χ1n) is 11.3. The summed E-state index contributed by atoms with van der Waals surface area (Å²) in [6, 6.07) is 0. The molecule has 0 aromatic rings. The first-order chi connectivity index (χ1) is 12.4. The van der Waals surface area contributed by atoms with E-state index in [0.717, 1.165) is 74.5 Å². The molecule has 0 saturated heterocycles. The Bertz CT molecular complexity index is 615. The van der Waals surface area contributed by atoms with Crippen LogP contribution in [0.2, 0.25) is 0 Å². The summed E-state index contributed by atoms with van der Waals surface area (Å²) in [7, 11) is 0. The summed E-state index contributed by atoms with van der Waals surface area (Å²) >= 11 is 0. The van der Waals surface area contributed by atoms with Crippen molar-refractivity contribution in [1.29, 1.82) is 0 Å². The molecule has 8 aliphatic carbocycles. The average molecular weight is 355 g/mol. The SMILES string of the molecule is CC(O)(C#CC1(O)C2CC3CC(C2)CC1C3)C12CC3CC(CC(C3)C1)C2. The average Bonchev–Trinajstić information content (AvgIpc) is 2.56. The molecule has 0 aliphatic heterocycles. The van der Waals surface area contributed by atoms with E-state index in [1.807, 2.05) is 6.92 Å². The molecule has 2 N–H and O–H groups in total. The second kappa shape index (κ2) is 5.09. The molecule has 0 radical (unpaired) electrons. The van der Waals surface area contributed by atoms with Gasteiger partial charge in [0.25, 0.3) is 0 Å². The monoisotopic (exact) mass is 354 g/mol. The second-order valence-electron chi connectivity index (χ2n) is 11.6. The summed E-state index contributed by atoms with van der Waals surface area (Å²) < 4.78 is 0. The Labute approximate surface area is 158 Å². The molecule has 0 aromatic carbocycles. The van der Waals surface area contributed by atoms with Crippen molar-refractivity contribution in [1.82, 2.24) is 0 Å². The van der Waals surface area contributed by atoms with Gasteiger partial charge in [-0.15, -0.1) is 0 Å². The van der Waals surface area contributed by atoms with Crippen LogP contribution in [0, 0.1) is 58.7 Å². The van der Waals surface area contributed by atoms with Gasteiger partial charge in [0.2, 0.25) is 0 Å². The first-order valence-corrected chi connectivity index (χ1v) is 11.3. The Morgan fingerprint density at radius 1 is 0.731 bits per heavy atom. The quantitative estimate of drug-likeness (QED) is 0.695. The summed E-state index contributed by atoms with van der Waals surface area (Å²) in [5, 5.41) is 23.1. The zero-order chi connectivity index (χ0) is 17.7. The highest BCUT2D eigenvalue weighted by Gasteiger charge is 2.59. The molecule has 8 rings (SSSR count). The summed E-state index contributed by atoms with van der Waals surface area (Å²) in [6.45, 7) is 1.98. The molecule has 0 aromatic heterocycles. The Kier molecular flexibility index (Phi) is 3.22. The van der Waals surface area contributed by atoms with Gasteiger partial charge in [-0.25, -0.2) is 0 Å². The van der Waals surface area contributed by atoms with Crippen LogP contribution in [0.5, 0.6) is 0 Å². The van der Waals surface area contributed by atoms with E-state index in [-0.39, 0.29) is 5.41 Å². The highest BCUT2D eigenvalue weighted by atomic mass is 16.3. The fourth-order valence-corrected chi connectivity index (χ4v) is 9.17. The van der Waals surface area contributed by atoms with Crippen molar-refractivity contribution in [3.05, 3.63) is 0 Å². The molecule has 1 atom stereocenters. The minimum atomic E-state index is -0.937. The molecule has 1 unspecified atom stereocenters. The molecule has 8 fully saturated rings. The van der Waals surface area contributed by atoms with Crippen LogP contribution in [0.15, 0.2) is 0 Å². The van der Waals surface area contributed by atoms with Gasteiger partial charge < -0.3 is 10.2 Å². The van der Waals surface area contributed by atoms with Crippen molar-refractivity contribution >= 4 is 0 Å². The van der Waals surface area contributed by atoms with Gasteiger partial charge in [0.15, 0.2) is 0 Å². The lowest BCUT2D eigenvalue weighted by Gasteiger charge is -2.60. The molecule has 2 nitrogen and oxygen atoms in total. The van der Waals surface area contributed by atoms with Crippen LogP contribution in [-0.4, -0.2) is 21.4 Å². The summed E-state index contributed by atoms with van der Waals surface area (Å²) in [6.07, 6.45) is 13.7. The van der Waals surface area contributed by atoms with E-state index in [9.17, 15) is 10.2 Å². The predicted octanol–water partition coefficient (Wildman–Crippen LogP) is 4.14. The Morgan fingerprint density at radius 3 is 1.62 bits per heavy atom. The molecule has 0 amide bonds. The summed E-state index contributed by atoms with van der Waals surface area (Å²) in [4.78, 5) is 0. The van der Waals surface area contributed by atoms with Crippen molar-refractivity contribution < 1.29 is 10.2 Å². The number of aliphatic hydroxyl groups is 2. The molecular formula is C24H34O2. The van der Waals surface area contributed by atoms with E-state index < -0.39 is 11.2 Å². The molecule has 8 aliphatic rings. The van der Waals surface area contributed by atoms with Gasteiger partial charge in [-0.05, 0) is 119 Å². The minimum Gasteiger partial charge on any atom is -0.377 e. The van der Waals surface area contributed by atoms with Gasteiger partial charge in [-0.2, -0.15) is 0 Å². The van der Waals surface area contributed by atoms with E-state index in [1.165, 1.54) is 25.7 Å². The van der Waals surface area contributed by atoms with E-state index in [2.05, 4.69) is 11.8 Å². The zero-order valence-corrected chi connectivity index (χ0v) is 16.2. The standard InChI is InChI=1S/C24H34O2/c1-22(25,23-12-17-5-18(13-23)7-19(6-17)14-23)2-3-24(26)20-8-15-4-16(10-20)11-21(24)9-15/h15-21,25-26H,4-14H2,1H3. The molecule has 8 saturated carbocycles. The van der Waals surface area contributed by atoms with Gasteiger partial charge in [0.1, 0.15) is 11.2 Å². The lowest BCUT2D eigenvalue weighted by Crippen LogP contribution is -2.58. The van der Waals surface area contributed by atoms with E-state index >= 15 is 0 Å². The van der Waals surface area contributed by atoms with Crippen molar-refractivity contribution in [3.8, 4) is 11.8 Å². The van der Waals surface area contributed by atoms with Crippen molar-refractivity contribution in [2.24, 2.45) is 46.8 Å². The third kappa shape index (κ3) is 2.14. The summed E-state index contributed by atoms with van der Waals surface area (Å²) in [5.41, 5.74) is -1.76. The highest BCUT2D eigenvalue weighted by Crippen LogP contribution is 2.64. The molecule has 142 valence electrons. The largest absolute Gasteiger partial charge is 0.377 e. The van der Waals surface area contributed by atoms with Gasteiger partial charge in [-0.1, -0.05) is 11.8 Å². The van der Waals surface area contributed by atoms with Crippen LogP contribution in [0.3, 0.4) is 0 Å². The summed E-state index contributed by atoms with van der Waals surface area (Å²) in [5.74, 6) is 11.5. The minimum absolute atomic E-state index is 0.00295. The number of hydrogen-bond donors (Lipinski definition) is 2. The van der Waals surface area contributed by atoms with Crippen LogP contribution < -0.4 is 0 Å². The first kappa shape index (κ1) is 16.4. The lowest BCUT2D eigenvalue weighted by atomic mass is 9.45. The van der Waals surface area contributed by atoms with Crippen molar-refractivity contribution in [3.63, 3.8) is 0 Å². The topological polar surface area (TPSA) is 40.5 Å². The maximum atomic E-state index is 11.6. The maximum absolute atomic E-state index is 11.6. The van der Waals surface area contributed by atoms with Gasteiger partial charge in [-0.3, -0.25) is 0 Å². The molecule has 2 heteroatoms. The molecule has 8 bridgehead atoms. The van der Waals surface area contributed by atoms with Crippen LogP contribution in [0.25, 0.3) is 0 Å². The van der Waals surface area contributed by atoms with E-state index in [1.54, 1.807) is 0 Å². The van der Waals surface area contributed by atoms with Crippen molar-refractivity contribution in [2.75, 3.05) is 0 Å². The van der Waals surface area contributed by atoms with Crippen LogP contribution in [-0.2, 0) is 0 Å². The molecule has 0 heterocycles. The van der Waals surface area contributed by atoms with Crippen LogP contribution in [0.1, 0.15) is 77.6 Å². The number of hydrogen-bond acceptors (Lipinski definition) is 2. The maximum Gasteiger partial charge on any atom is 0.131 e. The fourth-order valence-electron chi connectivity index (χ4n) is 9.17. The van der Waals surface area contributed by atoms with Crippen molar-refractivity contribution in [2.45, 2.75) is 88.8 Å². The highest BCUT2D eigenvalue weighted by molar-refractivity contribution is 5.30. The fraction of sp³-hybridized carbons (Fsp3) is 0.917. The smallest absolute Gasteiger partial charge is 0.131 e. The molecule has 26 heavy (non-hydrogen) atoms. The Morgan fingerprint density at radius 2 is 1.15 bits per heavy atom. The number of rotatable bonds is 1.